The highest BCUT2D eigenvalue weighted by Crippen LogP contribution is 2.34. The Balaban J connectivity index is 1.44. The Kier molecular flexibility index (Phi) is 5.73. The van der Waals surface area contributed by atoms with Crippen molar-refractivity contribution in [2.24, 2.45) is 0 Å². The number of nitrogens with one attached hydrogen (secondary N) is 3. The van der Waals surface area contributed by atoms with Crippen LogP contribution in [-0.2, 0) is 0 Å². The first-order chi connectivity index (χ1) is 18.1. The van der Waals surface area contributed by atoms with Crippen molar-refractivity contribution in [3.63, 3.8) is 0 Å². The third kappa shape index (κ3) is 4.15. The molecule has 0 aliphatic rings. The van der Waals surface area contributed by atoms with Crippen LogP contribution >= 0.6 is 0 Å². The van der Waals surface area contributed by atoms with Crippen molar-refractivity contribution in [1.82, 2.24) is 40.1 Å². The maximum Gasteiger partial charge on any atom is 0.161 e. The van der Waals surface area contributed by atoms with Crippen LogP contribution in [0.1, 0.15) is 19.8 Å². The Morgan fingerprint density at radius 1 is 0.973 bits per heavy atom. The molecule has 6 heterocycles. The summed E-state index contributed by atoms with van der Waals surface area (Å²) in [5.41, 5.74) is 5.05. The fraction of sp³-hybridized carbons (Fsp3) is 0.154. The summed E-state index contributed by atoms with van der Waals surface area (Å²) in [7, 11) is 0. The smallest absolute Gasteiger partial charge is 0.161 e. The molecule has 0 saturated heterocycles. The van der Waals surface area contributed by atoms with Crippen LogP contribution in [0.25, 0.3) is 55.8 Å². The van der Waals surface area contributed by atoms with E-state index in [9.17, 15) is 5.11 Å². The van der Waals surface area contributed by atoms with Crippen molar-refractivity contribution in [2.45, 2.75) is 26.0 Å². The average Bonchev–Trinajstić information content (AvgIpc) is 3.54. The number of hydrogen-bond acceptors (Lipinski definition) is 8. The molecule has 0 amide bonds. The summed E-state index contributed by atoms with van der Waals surface area (Å²) in [5, 5.41) is 20.5. The number of anilines is 1. The zero-order chi connectivity index (χ0) is 25.4. The Morgan fingerprint density at radius 2 is 1.81 bits per heavy atom. The number of halogens is 1. The van der Waals surface area contributed by atoms with Gasteiger partial charge in [0.1, 0.15) is 17.6 Å². The van der Waals surface area contributed by atoms with Gasteiger partial charge in [-0.1, -0.05) is 13.3 Å². The molecule has 0 spiro atoms. The van der Waals surface area contributed by atoms with Gasteiger partial charge in [-0.05, 0) is 30.2 Å². The van der Waals surface area contributed by atoms with E-state index in [4.69, 9.17) is 4.98 Å². The lowest BCUT2D eigenvalue weighted by Crippen LogP contribution is -2.18. The molecule has 10 nitrogen and oxygen atoms in total. The molecule has 4 N–H and O–H groups in total. The van der Waals surface area contributed by atoms with Gasteiger partial charge in [-0.15, -0.1) is 0 Å². The number of aromatic amines is 2. The van der Waals surface area contributed by atoms with Crippen LogP contribution in [0.15, 0.2) is 61.6 Å². The summed E-state index contributed by atoms with van der Waals surface area (Å²) in [6.07, 6.45) is 12.1. The third-order valence-corrected chi connectivity index (χ3v) is 6.06. The van der Waals surface area contributed by atoms with E-state index >= 15 is 4.39 Å². The van der Waals surface area contributed by atoms with Crippen molar-refractivity contribution in [1.29, 1.82) is 0 Å². The predicted molar refractivity (Wildman–Crippen MR) is 138 cm³/mol. The van der Waals surface area contributed by atoms with Gasteiger partial charge in [0.2, 0.25) is 0 Å². The molecule has 0 aromatic carbocycles. The molecule has 37 heavy (non-hydrogen) atoms. The fourth-order valence-electron chi connectivity index (χ4n) is 4.32. The average molecular weight is 496 g/mol. The lowest BCUT2D eigenvalue weighted by Gasteiger charge is -2.13. The normalized spacial score (nSPS) is 12.3. The lowest BCUT2D eigenvalue weighted by molar-refractivity contribution is 0.192. The highest BCUT2D eigenvalue weighted by Gasteiger charge is 2.21. The lowest BCUT2D eigenvalue weighted by atomic mass is 10.1. The van der Waals surface area contributed by atoms with Crippen LogP contribution in [-0.4, -0.2) is 51.4 Å². The van der Waals surface area contributed by atoms with Crippen LogP contribution in [0.3, 0.4) is 0 Å². The molecule has 6 aromatic rings. The fourth-order valence-corrected chi connectivity index (χ4v) is 4.32. The Hall–Kier alpha value is -4.77. The van der Waals surface area contributed by atoms with Crippen molar-refractivity contribution < 1.29 is 9.50 Å². The summed E-state index contributed by atoms with van der Waals surface area (Å²) in [5.74, 6) is -0.154. The second kappa shape index (κ2) is 9.36. The van der Waals surface area contributed by atoms with Crippen molar-refractivity contribution in [3.05, 3.63) is 67.4 Å². The molecular formula is C26H22FN9O. The number of nitrogens with zero attached hydrogens (tertiary/aromatic N) is 6. The molecule has 184 valence electrons. The van der Waals surface area contributed by atoms with Gasteiger partial charge in [0.25, 0.3) is 0 Å². The zero-order valence-corrected chi connectivity index (χ0v) is 19.8. The van der Waals surface area contributed by atoms with Gasteiger partial charge in [0.15, 0.2) is 11.6 Å². The number of fused-ring (bicyclic) bond motifs is 2. The number of aliphatic hydroxyl groups excluding tert-OH is 1. The SMILES string of the molecule is CCCC(O)Nc1cncc(-c2ncc3[nH]nc(-c4nc5c(-c6ccncc6)cncc5[nH]4)c3c2F)c1. The largest absolute Gasteiger partial charge is 0.374 e. The Morgan fingerprint density at radius 3 is 2.65 bits per heavy atom. The second-order valence-corrected chi connectivity index (χ2v) is 8.60. The first kappa shape index (κ1) is 22.7. The highest BCUT2D eigenvalue weighted by molar-refractivity contribution is 5.97. The van der Waals surface area contributed by atoms with E-state index in [0.29, 0.717) is 45.7 Å². The summed E-state index contributed by atoms with van der Waals surface area (Å²) in [6.45, 7) is 1.98. The number of hydrogen-bond donors (Lipinski definition) is 4. The summed E-state index contributed by atoms with van der Waals surface area (Å²) in [6, 6.07) is 5.46. The number of H-pyrrole nitrogens is 2. The van der Waals surface area contributed by atoms with Gasteiger partial charge in [0, 0.05) is 35.9 Å². The number of aliphatic hydroxyl groups is 1. The molecule has 0 aliphatic heterocycles. The topological polar surface area (TPSA) is 141 Å². The van der Waals surface area contributed by atoms with E-state index in [1.165, 1.54) is 12.4 Å². The van der Waals surface area contributed by atoms with Crippen molar-refractivity contribution >= 4 is 27.6 Å². The molecule has 0 radical (unpaired) electrons. The van der Waals surface area contributed by atoms with Gasteiger partial charge in [0.05, 0.1) is 46.2 Å². The molecule has 0 bridgehead atoms. The molecule has 11 heteroatoms. The number of rotatable bonds is 7. The molecule has 6 aromatic heterocycles. The molecule has 0 saturated carbocycles. The highest BCUT2D eigenvalue weighted by atomic mass is 19.1. The van der Waals surface area contributed by atoms with Gasteiger partial charge in [-0.25, -0.2) is 9.37 Å². The van der Waals surface area contributed by atoms with E-state index in [-0.39, 0.29) is 11.1 Å². The van der Waals surface area contributed by atoms with Gasteiger partial charge in [-0.2, -0.15) is 5.10 Å². The third-order valence-electron chi connectivity index (χ3n) is 6.06. The minimum absolute atomic E-state index is 0.117. The Labute approximate surface area is 210 Å². The Bertz CT molecular complexity index is 1710. The first-order valence-corrected chi connectivity index (χ1v) is 11.8. The standard InChI is InChI=1S/C26H22FN9O/c1-2-3-20(37)32-16-8-15(9-29-10-16)23-22(27)21-18(13-31-23)35-36-25(21)26-33-19-12-30-11-17(24(19)34-26)14-4-6-28-7-5-14/h4-13,20,32,37H,2-3H2,1H3,(H,33,34)(H,35,36). The molecule has 1 unspecified atom stereocenters. The van der Waals surface area contributed by atoms with Crippen LogP contribution < -0.4 is 5.32 Å². The van der Waals surface area contributed by atoms with E-state index < -0.39 is 12.0 Å². The van der Waals surface area contributed by atoms with E-state index in [1.54, 1.807) is 37.1 Å². The van der Waals surface area contributed by atoms with E-state index in [1.807, 2.05) is 19.1 Å². The minimum Gasteiger partial charge on any atom is -0.374 e. The van der Waals surface area contributed by atoms with Crippen molar-refractivity contribution in [2.75, 3.05) is 5.32 Å². The number of pyridine rings is 4. The summed E-state index contributed by atoms with van der Waals surface area (Å²) < 4.78 is 16.0. The monoisotopic (exact) mass is 495 g/mol. The van der Waals surface area contributed by atoms with Crippen molar-refractivity contribution in [3.8, 4) is 33.9 Å². The molecule has 0 fully saturated rings. The molecular weight excluding hydrogens is 473 g/mol. The molecule has 6 rings (SSSR count). The van der Waals surface area contributed by atoms with E-state index in [2.05, 4.69) is 40.4 Å². The van der Waals surface area contributed by atoms with Crippen LogP contribution in [0.4, 0.5) is 10.1 Å². The summed E-state index contributed by atoms with van der Waals surface area (Å²) >= 11 is 0. The maximum atomic E-state index is 16.0. The van der Waals surface area contributed by atoms with Crippen LogP contribution in [0.2, 0.25) is 0 Å². The van der Waals surface area contributed by atoms with E-state index in [0.717, 1.165) is 17.5 Å². The number of imidazole rings is 1. The second-order valence-electron chi connectivity index (χ2n) is 8.60. The van der Waals surface area contributed by atoms with Gasteiger partial charge < -0.3 is 15.4 Å². The van der Waals surface area contributed by atoms with Crippen LogP contribution in [0.5, 0.6) is 0 Å². The minimum atomic E-state index is -0.720. The predicted octanol–water partition coefficient (Wildman–Crippen LogP) is 4.69. The molecule has 1 atom stereocenters. The van der Waals surface area contributed by atoms with Gasteiger partial charge >= 0.3 is 0 Å². The van der Waals surface area contributed by atoms with Gasteiger partial charge in [-0.3, -0.25) is 25.0 Å². The number of aromatic nitrogens is 8. The quantitative estimate of drug-likeness (QED) is 0.234. The maximum absolute atomic E-state index is 16.0. The summed E-state index contributed by atoms with van der Waals surface area (Å²) in [4.78, 5) is 24.9. The first-order valence-electron chi connectivity index (χ1n) is 11.8. The van der Waals surface area contributed by atoms with Crippen LogP contribution in [0, 0.1) is 5.82 Å². The zero-order valence-electron chi connectivity index (χ0n) is 19.8. The molecule has 0 aliphatic carbocycles.